The van der Waals surface area contributed by atoms with Gasteiger partial charge in [-0.05, 0) is 24.5 Å². The summed E-state index contributed by atoms with van der Waals surface area (Å²) in [4.78, 5) is 0. The largest absolute Gasteiger partial charge is 0.380 e. The van der Waals surface area contributed by atoms with Crippen molar-refractivity contribution in [1.82, 2.24) is 0 Å². The quantitative estimate of drug-likeness (QED) is 0.883. The van der Waals surface area contributed by atoms with Gasteiger partial charge in [0.05, 0.1) is 0 Å². The lowest BCUT2D eigenvalue weighted by Crippen LogP contribution is -2.35. The smallest absolute Gasteiger partial charge is 0.121 e. The summed E-state index contributed by atoms with van der Waals surface area (Å²) in [5.74, 6) is 0.0487. The summed E-state index contributed by atoms with van der Waals surface area (Å²) in [7, 11) is 0. The van der Waals surface area contributed by atoms with Crippen molar-refractivity contribution in [2.45, 2.75) is 18.9 Å². The summed E-state index contributed by atoms with van der Waals surface area (Å²) in [5.41, 5.74) is 2.10. The second kappa shape index (κ2) is 5.71. The van der Waals surface area contributed by atoms with E-state index in [1.165, 1.54) is 5.56 Å². The molecule has 0 spiro atoms. The number of aryl methyl sites for hydroxylation is 1. The zero-order valence-corrected chi connectivity index (χ0v) is 12.2. The van der Waals surface area contributed by atoms with Crippen LogP contribution in [0.3, 0.4) is 0 Å². The van der Waals surface area contributed by atoms with Crippen molar-refractivity contribution in [2.75, 3.05) is 0 Å². The fourth-order valence-corrected chi connectivity index (χ4v) is 2.99. The molecule has 21 heavy (non-hydrogen) atoms. The molecule has 1 N–H and O–H groups in total. The van der Waals surface area contributed by atoms with E-state index in [-0.39, 0.29) is 5.92 Å². The molecule has 2 aromatic carbocycles. The number of hydrogen-bond acceptors (Lipinski definition) is 1. The molecule has 0 saturated carbocycles. The van der Waals surface area contributed by atoms with Crippen molar-refractivity contribution in [3.63, 3.8) is 0 Å². The number of allylic oxidation sites excluding steroid dienone is 3. The molecule has 1 aliphatic carbocycles. The highest BCUT2D eigenvalue weighted by atomic mass is 16.3. The van der Waals surface area contributed by atoms with Crippen LogP contribution in [0.5, 0.6) is 0 Å². The molecule has 0 saturated heterocycles. The van der Waals surface area contributed by atoms with Gasteiger partial charge in [-0.3, -0.25) is 0 Å². The first kappa shape index (κ1) is 13.8. The van der Waals surface area contributed by atoms with E-state index in [0.29, 0.717) is 0 Å². The van der Waals surface area contributed by atoms with Gasteiger partial charge in [0.15, 0.2) is 0 Å². The van der Waals surface area contributed by atoms with Crippen LogP contribution in [-0.4, -0.2) is 5.11 Å². The predicted molar refractivity (Wildman–Crippen MR) is 87.0 cm³/mol. The topological polar surface area (TPSA) is 20.2 Å². The van der Waals surface area contributed by atoms with Crippen molar-refractivity contribution >= 4 is 0 Å². The standard InChI is InChI=1S/C20H20O/c1-16-12-14-19(15-13-16)20(21,17-8-4-2-5-9-17)18-10-6-3-7-11-18/h2-10,12-15,18,21H,11H2,1H3. The lowest BCUT2D eigenvalue weighted by molar-refractivity contribution is 0.0369. The van der Waals surface area contributed by atoms with Gasteiger partial charge in [0.1, 0.15) is 5.60 Å². The first-order valence-electron chi connectivity index (χ1n) is 7.39. The van der Waals surface area contributed by atoms with Gasteiger partial charge in [0, 0.05) is 5.92 Å². The lowest BCUT2D eigenvalue weighted by atomic mass is 9.73. The molecule has 0 aromatic heterocycles. The van der Waals surface area contributed by atoms with E-state index in [1.54, 1.807) is 0 Å². The third-order valence-electron chi connectivity index (χ3n) is 4.22. The molecule has 0 aliphatic heterocycles. The Kier molecular flexibility index (Phi) is 3.76. The van der Waals surface area contributed by atoms with E-state index in [9.17, 15) is 5.11 Å². The van der Waals surface area contributed by atoms with Gasteiger partial charge in [-0.15, -0.1) is 0 Å². The summed E-state index contributed by atoms with van der Waals surface area (Å²) in [6.45, 7) is 2.06. The Morgan fingerprint density at radius 3 is 2.19 bits per heavy atom. The maximum absolute atomic E-state index is 11.6. The molecule has 1 heteroatoms. The fraction of sp³-hybridized carbons (Fsp3) is 0.200. The number of aliphatic hydroxyl groups is 1. The van der Waals surface area contributed by atoms with E-state index in [0.717, 1.165) is 17.5 Å². The summed E-state index contributed by atoms with van der Waals surface area (Å²) in [6, 6.07) is 18.2. The maximum Gasteiger partial charge on any atom is 0.121 e. The van der Waals surface area contributed by atoms with Crippen LogP contribution in [0.2, 0.25) is 0 Å². The van der Waals surface area contributed by atoms with Crippen LogP contribution >= 0.6 is 0 Å². The first-order valence-corrected chi connectivity index (χ1v) is 7.39. The van der Waals surface area contributed by atoms with E-state index >= 15 is 0 Å². The molecule has 0 fully saturated rings. The predicted octanol–water partition coefficient (Wildman–Crippen LogP) is 4.36. The Hall–Kier alpha value is -2.12. The van der Waals surface area contributed by atoms with Gasteiger partial charge >= 0.3 is 0 Å². The van der Waals surface area contributed by atoms with Crippen molar-refractivity contribution < 1.29 is 5.11 Å². The maximum atomic E-state index is 11.6. The van der Waals surface area contributed by atoms with Crippen LogP contribution in [-0.2, 0) is 5.60 Å². The number of hydrogen-bond donors (Lipinski definition) is 1. The molecule has 0 radical (unpaired) electrons. The zero-order chi connectivity index (χ0) is 14.7. The summed E-state index contributed by atoms with van der Waals surface area (Å²) < 4.78 is 0. The minimum absolute atomic E-state index is 0.0487. The van der Waals surface area contributed by atoms with E-state index in [2.05, 4.69) is 31.2 Å². The first-order chi connectivity index (χ1) is 10.2. The Bertz CT molecular complexity index is 652. The average molecular weight is 276 g/mol. The van der Waals surface area contributed by atoms with Crippen LogP contribution in [0.1, 0.15) is 23.1 Å². The van der Waals surface area contributed by atoms with E-state index in [1.807, 2.05) is 54.6 Å². The highest BCUT2D eigenvalue weighted by molar-refractivity contribution is 5.40. The van der Waals surface area contributed by atoms with Crippen molar-refractivity contribution in [3.05, 3.63) is 95.6 Å². The minimum Gasteiger partial charge on any atom is -0.380 e. The highest BCUT2D eigenvalue weighted by Gasteiger charge is 2.38. The zero-order valence-electron chi connectivity index (χ0n) is 12.2. The van der Waals surface area contributed by atoms with Crippen molar-refractivity contribution in [2.24, 2.45) is 5.92 Å². The summed E-state index contributed by atoms with van der Waals surface area (Å²) in [5, 5.41) is 11.6. The molecule has 1 aliphatic rings. The van der Waals surface area contributed by atoms with Crippen LogP contribution in [0.4, 0.5) is 0 Å². The van der Waals surface area contributed by atoms with E-state index < -0.39 is 5.60 Å². The molecule has 3 rings (SSSR count). The molecule has 2 unspecified atom stereocenters. The normalized spacial score (nSPS) is 20.2. The van der Waals surface area contributed by atoms with Gasteiger partial charge in [0.25, 0.3) is 0 Å². The molecular weight excluding hydrogens is 256 g/mol. The number of rotatable bonds is 3. The Morgan fingerprint density at radius 2 is 1.57 bits per heavy atom. The minimum atomic E-state index is -0.990. The molecule has 2 aromatic rings. The van der Waals surface area contributed by atoms with E-state index in [4.69, 9.17) is 0 Å². The SMILES string of the molecule is Cc1ccc(C(O)(c2ccccc2)C2C=CC=CC2)cc1. The van der Waals surface area contributed by atoms with Crippen molar-refractivity contribution in [3.8, 4) is 0 Å². The Morgan fingerprint density at radius 1 is 0.905 bits per heavy atom. The third kappa shape index (κ3) is 2.57. The fourth-order valence-electron chi connectivity index (χ4n) is 2.99. The van der Waals surface area contributed by atoms with Gasteiger partial charge in [0.2, 0.25) is 0 Å². The summed E-state index contributed by atoms with van der Waals surface area (Å²) in [6.07, 6.45) is 9.13. The van der Waals surface area contributed by atoms with Gasteiger partial charge in [-0.2, -0.15) is 0 Å². The second-order valence-electron chi connectivity index (χ2n) is 5.65. The Labute approximate surface area is 126 Å². The lowest BCUT2D eigenvalue weighted by Gasteiger charge is -2.36. The molecule has 2 atom stereocenters. The van der Waals surface area contributed by atoms with Crippen LogP contribution in [0.25, 0.3) is 0 Å². The summed E-state index contributed by atoms with van der Waals surface area (Å²) >= 11 is 0. The molecule has 0 amide bonds. The second-order valence-corrected chi connectivity index (χ2v) is 5.65. The monoisotopic (exact) mass is 276 g/mol. The average Bonchev–Trinajstić information content (AvgIpc) is 2.56. The molecular formula is C20H20O. The number of benzene rings is 2. The third-order valence-corrected chi connectivity index (χ3v) is 4.22. The molecule has 106 valence electrons. The van der Waals surface area contributed by atoms with Crippen molar-refractivity contribution in [1.29, 1.82) is 0 Å². The molecule has 0 heterocycles. The van der Waals surface area contributed by atoms with Gasteiger partial charge in [-0.1, -0.05) is 84.5 Å². The van der Waals surface area contributed by atoms with Crippen LogP contribution in [0, 0.1) is 12.8 Å². The molecule has 0 bridgehead atoms. The molecule has 1 nitrogen and oxygen atoms in total. The van der Waals surface area contributed by atoms with Crippen LogP contribution in [0.15, 0.2) is 78.9 Å². The Balaban J connectivity index is 2.12. The highest BCUT2D eigenvalue weighted by Crippen LogP contribution is 2.40. The van der Waals surface area contributed by atoms with Gasteiger partial charge in [-0.25, -0.2) is 0 Å². The van der Waals surface area contributed by atoms with Gasteiger partial charge < -0.3 is 5.11 Å². The van der Waals surface area contributed by atoms with Crippen LogP contribution < -0.4 is 0 Å².